The summed E-state index contributed by atoms with van der Waals surface area (Å²) in [6, 6.07) is 5.58. The zero-order valence-corrected chi connectivity index (χ0v) is 17.0. The van der Waals surface area contributed by atoms with Gasteiger partial charge >= 0.3 is 0 Å². The van der Waals surface area contributed by atoms with E-state index in [-0.39, 0.29) is 11.8 Å². The zero-order chi connectivity index (χ0) is 21.1. The molecular weight excluding hydrogens is 386 g/mol. The van der Waals surface area contributed by atoms with Gasteiger partial charge in [-0.2, -0.15) is 0 Å². The standard InChI is InChI=1S/C20H25N7O3/c1-13-18(28)24-17-9-14(10-23-20(17)30-13)12-26-5-7-27(8-6-26)15-3-4-16(22-11-15)19(29)25-21-2/h3-4,9-11,13,21H,5-8,12H2,1-2H3,(H,24,28)(H,25,29). The number of nitrogens with one attached hydrogen (secondary N) is 3. The Morgan fingerprint density at radius 2 is 2.03 bits per heavy atom. The van der Waals surface area contributed by atoms with Crippen LogP contribution >= 0.6 is 0 Å². The molecule has 0 aliphatic carbocycles. The maximum absolute atomic E-state index is 11.8. The van der Waals surface area contributed by atoms with E-state index < -0.39 is 6.10 Å². The number of carbonyl (C=O) groups excluding carboxylic acids is 2. The largest absolute Gasteiger partial charge is 0.463 e. The first-order valence-electron chi connectivity index (χ1n) is 9.90. The van der Waals surface area contributed by atoms with Gasteiger partial charge in [-0.3, -0.25) is 19.9 Å². The van der Waals surface area contributed by atoms with Crippen LogP contribution in [0.5, 0.6) is 5.88 Å². The SMILES string of the molecule is CNNC(=O)c1ccc(N2CCN(Cc3cnc4c(c3)NC(=O)C(C)O4)CC2)cn1. The molecule has 158 valence electrons. The van der Waals surface area contributed by atoms with Gasteiger partial charge in [0.1, 0.15) is 11.4 Å². The number of pyridine rings is 2. The number of amides is 2. The van der Waals surface area contributed by atoms with Crippen molar-refractivity contribution >= 4 is 23.2 Å². The highest BCUT2D eigenvalue weighted by Gasteiger charge is 2.25. The number of hydrazine groups is 1. The molecule has 10 nitrogen and oxygen atoms in total. The lowest BCUT2D eigenvalue weighted by atomic mass is 10.2. The fourth-order valence-electron chi connectivity index (χ4n) is 3.53. The molecule has 10 heteroatoms. The summed E-state index contributed by atoms with van der Waals surface area (Å²) in [5.74, 6) is 0.0525. The maximum atomic E-state index is 11.8. The molecule has 1 saturated heterocycles. The molecule has 2 amide bonds. The normalized spacial score (nSPS) is 18.9. The Morgan fingerprint density at radius 1 is 1.23 bits per heavy atom. The van der Waals surface area contributed by atoms with E-state index in [2.05, 4.69) is 35.9 Å². The maximum Gasteiger partial charge on any atom is 0.283 e. The highest BCUT2D eigenvalue weighted by Crippen LogP contribution is 2.28. The van der Waals surface area contributed by atoms with Gasteiger partial charge in [0.15, 0.2) is 6.10 Å². The highest BCUT2D eigenvalue weighted by molar-refractivity contribution is 5.97. The minimum atomic E-state index is -0.523. The van der Waals surface area contributed by atoms with Crippen molar-refractivity contribution in [2.45, 2.75) is 19.6 Å². The minimum Gasteiger partial charge on any atom is -0.463 e. The van der Waals surface area contributed by atoms with E-state index in [0.29, 0.717) is 17.3 Å². The van der Waals surface area contributed by atoms with E-state index in [1.165, 1.54) is 0 Å². The molecule has 0 spiro atoms. The van der Waals surface area contributed by atoms with Crippen LogP contribution in [-0.2, 0) is 11.3 Å². The highest BCUT2D eigenvalue weighted by atomic mass is 16.5. The van der Waals surface area contributed by atoms with Crippen LogP contribution in [0, 0.1) is 0 Å². The summed E-state index contributed by atoms with van der Waals surface area (Å²) in [6.07, 6.45) is 3.01. The third-order valence-corrected chi connectivity index (χ3v) is 5.19. The topological polar surface area (TPSA) is 112 Å². The number of anilines is 2. The predicted octanol–water partition coefficient (Wildman–Crippen LogP) is 0.382. The molecule has 30 heavy (non-hydrogen) atoms. The van der Waals surface area contributed by atoms with Gasteiger partial charge in [0, 0.05) is 46.0 Å². The van der Waals surface area contributed by atoms with Crippen LogP contribution in [0.2, 0.25) is 0 Å². The van der Waals surface area contributed by atoms with E-state index in [4.69, 9.17) is 4.74 Å². The fraction of sp³-hybridized carbons (Fsp3) is 0.400. The predicted molar refractivity (Wildman–Crippen MR) is 111 cm³/mol. The van der Waals surface area contributed by atoms with Crippen molar-refractivity contribution < 1.29 is 14.3 Å². The molecule has 0 saturated carbocycles. The Balaban J connectivity index is 1.32. The summed E-state index contributed by atoms with van der Waals surface area (Å²) in [6.45, 7) is 5.95. The average molecular weight is 411 g/mol. The van der Waals surface area contributed by atoms with Gasteiger partial charge in [-0.25, -0.2) is 15.4 Å². The van der Waals surface area contributed by atoms with Crippen LogP contribution in [0.15, 0.2) is 30.6 Å². The van der Waals surface area contributed by atoms with Gasteiger partial charge in [0.2, 0.25) is 5.88 Å². The van der Waals surface area contributed by atoms with Gasteiger partial charge in [0.05, 0.1) is 11.9 Å². The quantitative estimate of drug-likeness (QED) is 0.606. The first kappa shape index (κ1) is 20.0. The van der Waals surface area contributed by atoms with Crippen LogP contribution < -0.4 is 25.8 Å². The Kier molecular flexibility index (Phi) is 5.77. The van der Waals surface area contributed by atoms with Gasteiger partial charge in [-0.05, 0) is 30.7 Å². The van der Waals surface area contributed by atoms with E-state index in [1.54, 1.807) is 32.4 Å². The second kappa shape index (κ2) is 8.64. The van der Waals surface area contributed by atoms with Crippen molar-refractivity contribution in [2.75, 3.05) is 43.4 Å². The van der Waals surface area contributed by atoms with Crippen molar-refractivity contribution in [2.24, 2.45) is 0 Å². The van der Waals surface area contributed by atoms with E-state index in [0.717, 1.165) is 44.0 Å². The minimum absolute atomic E-state index is 0.155. The lowest BCUT2D eigenvalue weighted by Crippen LogP contribution is -2.46. The monoisotopic (exact) mass is 411 g/mol. The molecule has 0 bridgehead atoms. The third kappa shape index (κ3) is 4.34. The molecule has 2 aromatic heterocycles. The summed E-state index contributed by atoms with van der Waals surface area (Å²) in [4.78, 5) is 36.8. The Labute approximate surface area is 174 Å². The number of ether oxygens (including phenoxy) is 1. The molecule has 1 fully saturated rings. The van der Waals surface area contributed by atoms with Crippen molar-refractivity contribution in [1.82, 2.24) is 25.7 Å². The number of piperazine rings is 1. The van der Waals surface area contributed by atoms with E-state index in [9.17, 15) is 9.59 Å². The number of hydrogen-bond acceptors (Lipinski definition) is 8. The molecule has 1 atom stereocenters. The molecule has 0 aromatic carbocycles. The number of fused-ring (bicyclic) bond motifs is 1. The van der Waals surface area contributed by atoms with E-state index >= 15 is 0 Å². The smallest absolute Gasteiger partial charge is 0.283 e. The third-order valence-electron chi connectivity index (χ3n) is 5.19. The Bertz CT molecular complexity index is 926. The summed E-state index contributed by atoms with van der Waals surface area (Å²) in [7, 11) is 1.64. The first-order valence-corrected chi connectivity index (χ1v) is 9.90. The molecule has 0 radical (unpaired) electrons. The number of rotatable bonds is 5. The van der Waals surface area contributed by atoms with Crippen molar-refractivity contribution in [3.63, 3.8) is 0 Å². The van der Waals surface area contributed by atoms with Crippen LogP contribution in [0.4, 0.5) is 11.4 Å². The Hall–Kier alpha value is -3.24. The number of aromatic nitrogens is 2. The van der Waals surface area contributed by atoms with Crippen LogP contribution in [0.1, 0.15) is 23.0 Å². The van der Waals surface area contributed by atoms with Crippen LogP contribution in [0.3, 0.4) is 0 Å². The van der Waals surface area contributed by atoms with E-state index in [1.807, 2.05) is 12.1 Å². The van der Waals surface area contributed by atoms with Crippen molar-refractivity contribution in [1.29, 1.82) is 0 Å². The molecule has 1 unspecified atom stereocenters. The lowest BCUT2D eigenvalue weighted by Gasteiger charge is -2.36. The molecule has 4 rings (SSSR count). The molecular formula is C20H25N7O3. The number of nitrogens with zero attached hydrogens (tertiary/aromatic N) is 4. The molecule has 2 aliphatic rings. The van der Waals surface area contributed by atoms with Gasteiger partial charge in [-0.15, -0.1) is 0 Å². The lowest BCUT2D eigenvalue weighted by molar-refractivity contribution is -0.122. The second-order valence-electron chi connectivity index (χ2n) is 7.31. The first-order chi connectivity index (χ1) is 14.5. The van der Waals surface area contributed by atoms with Gasteiger partial charge in [0.25, 0.3) is 11.8 Å². The van der Waals surface area contributed by atoms with Gasteiger partial charge < -0.3 is 15.0 Å². The zero-order valence-electron chi connectivity index (χ0n) is 17.0. The average Bonchev–Trinajstić information content (AvgIpc) is 2.76. The van der Waals surface area contributed by atoms with Crippen LogP contribution in [-0.4, -0.2) is 66.0 Å². The van der Waals surface area contributed by atoms with Crippen molar-refractivity contribution in [3.05, 3.63) is 41.9 Å². The van der Waals surface area contributed by atoms with Gasteiger partial charge in [-0.1, -0.05) is 0 Å². The Morgan fingerprint density at radius 3 is 2.73 bits per heavy atom. The fourth-order valence-corrected chi connectivity index (χ4v) is 3.53. The van der Waals surface area contributed by atoms with Crippen LogP contribution in [0.25, 0.3) is 0 Å². The summed E-state index contributed by atoms with van der Waals surface area (Å²) in [5, 5.41) is 2.84. The summed E-state index contributed by atoms with van der Waals surface area (Å²) in [5.41, 5.74) is 8.14. The summed E-state index contributed by atoms with van der Waals surface area (Å²) < 4.78 is 5.51. The van der Waals surface area contributed by atoms with Crippen molar-refractivity contribution in [3.8, 4) is 5.88 Å². The molecule has 3 N–H and O–H groups in total. The second-order valence-corrected chi connectivity index (χ2v) is 7.31. The molecule has 2 aliphatic heterocycles. The molecule has 2 aromatic rings. The number of carbonyl (C=O) groups is 2. The number of hydrogen-bond donors (Lipinski definition) is 3. The summed E-state index contributed by atoms with van der Waals surface area (Å²) >= 11 is 0. The molecule has 4 heterocycles.